The Balaban J connectivity index is 2.58. The Kier molecular flexibility index (Phi) is 2.66. The zero-order chi connectivity index (χ0) is 11.9. The highest BCUT2D eigenvalue weighted by Crippen LogP contribution is 2.54. The van der Waals surface area contributed by atoms with E-state index in [1.165, 1.54) is 6.07 Å². The van der Waals surface area contributed by atoms with E-state index in [9.17, 15) is 4.39 Å². The lowest BCUT2D eigenvalue weighted by molar-refractivity contribution is 0.395. The zero-order valence-corrected chi connectivity index (χ0v) is 10.0. The third-order valence-electron chi connectivity index (χ3n) is 3.74. The Morgan fingerprint density at radius 1 is 1.44 bits per heavy atom. The van der Waals surface area contributed by atoms with E-state index in [1.807, 2.05) is 6.92 Å². The molecule has 0 amide bonds. The predicted octanol–water partition coefficient (Wildman–Crippen LogP) is 2.52. The summed E-state index contributed by atoms with van der Waals surface area (Å²) in [6, 6.07) is 3.18. The first kappa shape index (κ1) is 11.4. The molecule has 1 saturated carbocycles. The zero-order valence-electron chi connectivity index (χ0n) is 10.0. The Hall–Kier alpha value is -1.09. The molecule has 2 nitrogen and oxygen atoms in total. The summed E-state index contributed by atoms with van der Waals surface area (Å²) in [5.41, 5.74) is 7.60. The molecule has 1 aromatic rings. The van der Waals surface area contributed by atoms with Crippen LogP contribution in [-0.4, -0.2) is 13.2 Å². The molecule has 88 valence electrons. The maximum absolute atomic E-state index is 13.6. The van der Waals surface area contributed by atoms with Crippen LogP contribution < -0.4 is 10.5 Å². The Morgan fingerprint density at radius 2 is 2.06 bits per heavy atom. The average molecular weight is 223 g/mol. The van der Waals surface area contributed by atoms with Crippen molar-refractivity contribution >= 4 is 0 Å². The predicted molar refractivity (Wildman–Crippen MR) is 62.3 cm³/mol. The Labute approximate surface area is 95.6 Å². The SMILES string of the molecule is COc1ccc(F)c(C)c1C1(C(C)N)CC1. The molecule has 3 heteroatoms. The lowest BCUT2D eigenvalue weighted by Crippen LogP contribution is -2.32. The molecule has 1 unspecified atom stereocenters. The molecule has 1 aliphatic rings. The molecule has 1 atom stereocenters. The van der Waals surface area contributed by atoms with Crippen LogP contribution in [-0.2, 0) is 5.41 Å². The number of halogens is 1. The van der Waals surface area contributed by atoms with Crippen LogP contribution in [0.4, 0.5) is 4.39 Å². The molecule has 1 aromatic carbocycles. The number of hydrogen-bond acceptors (Lipinski definition) is 2. The van der Waals surface area contributed by atoms with Gasteiger partial charge in [0.05, 0.1) is 7.11 Å². The highest BCUT2D eigenvalue weighted by atomic mass is 19.1. The largest absolute Gasteiger partial charge is 0.496 e. The van der Waals surface area contributed by atoms with Crippen molar-refractivity contribution in [3.05, 3.63) is 29.1 Å². The number of nitrogens with two attached hydrogens (primary N) is 1. The summed E-state index contributed by atoms with van der Waals surface area (Å²) >= 11 is 0. The van der Waals surface area contributed by atoms with E-state index in [-0.39, 0.29) is 17.3 Å². The number of hydrogen-bond donors (Lipinski definition) is 1. The van der Waals surface area contributed by atoms with Gasteiger partial charge in [0.15, 0.2) is 0 Å². The number of ether oxygens (including phenoxy) is 1. The van der Waals surface area contributed by atoms with E-state index in [1.54, 1.807) is 20.1 Å². The van der Waals surface area contributed by atoms with Crippen LogP contribution in [0.2, 0.25) is 0 Å². The van der Waals surface area contributed by atoms with Crippen molar-refractivity contribution in [3.8, 4) is 5.75 Å². The van der Waals surface area contributed by atoms with Crippen molar-refractivity contribution in [3.63, 3.8) is 0 Å². The quantitative estimate of drug-likeness (QED) is 0.854. The highest BCUT2D eigenvalue weighted by molar-refractivity contribution is 5.50. The summed E-state index contributed by atoms with van der Waals surface area (Å²) in [5.74, 6) is 0.580. The molecule has 2 N–H and O–H groups in total. The van der Waals surface area contributed by atoms with Crippen molar-refractivity contribution in [1.29, 1.82) is 0 Å². The second-order valence-corrected chi connectivity index (χ2v) is 4.69. The number of methoxy groups -OCH3 is 1. The minimum atomic E-state index is -0.178. The van der Waals surface area contributed by atoms with Crippen molar-refractivity contribution in [2.24, 2.45) is 5.73 Å². The van der Waals surface area contributed by atoms with Crippen molar-refractivity contribution in [2.75, 3.05) is 7.11 Å². The molecule has 2 rings (SSSR count). The van der Waals surface area contributed by atoms with E-state index in [0.717, 1.165) is 24.2 Å². The molecular formula is C13H18FNO. The van der Waals surface area contributed by atoms with E-state index in [0.29, 0.717) is 5.56 Å². The highest BCUT2D eigenvalue weighted by Gasteiger charge is 2.50. The topological polar surface area (TPSA) is 35.2 Å². The fourth-order valence-electron chi connectivity index (χ4n) is 2.52. The number of benzene rings is 1. The van der Waals surface area contributed by atoms with Gasteiger partial charge in [-0.1, -0.05) is 0 Å². The summed E-state index contributed by atoms with van der Waals surface area (Å²) < 4.78 is 19.0. The number of rotatable bonds is 3. The van der Waals surface area contributed by atoms with Gasteiger partial charge in [0.25, 0.3) is 0 Å². The first-order valence-electron chi connectivity index (χ1n) is 5.62. The van der Waals surface area contributed by atoms with Crippen LogP contribution in [0.1, 0.15) is 30.9 Å². The Morgan fingerprint density at radius 3 is 2.50 bits per heavy atom. The van der Waals surface area contributed by atoms with Crippen molar-refractivity contribution in [2.45, 2.75) is 38.1 Å². The van der Waals surface area contributed by atoms with Crippen LogP contribution in [0.25, 0.3) is 0 Å². The molecule has 0 radical (unpaired) electrons. The molecule has 0 aromatic heterocycles. The van der Waals surface area contributed by atoms with Crippen LogP contribution in [0, 0.1) is 12.7 Å². The van der Waals surface area contributed by atoms with E-state index in [4.69, 9.17) is 10.5 Å². The maximum atomic E-state index is 13.6. The summed E-state index contributed by atoms with van der Waals surface area (Å²) in [4.78, 5) is 0. The van der Waals surface area contributed by atoms with Gasteiger partial charge in [-0.05, 0) is 44.4 Å². The minimum Gasteiger partial charge on any atom is -0.496 e. The summed E-state index contributed by atoms with van der Waals surface area (Å²) in [6.45, 7) is 3.78. The molecule has 1 fully saturated rings. The van der Waals surface area contributed by atoms with Crippen LogP contribution in [0.3, 0.4) is 0 Å². The molecular weight excluding hydrogens is 205 g/mol. The summed E-state index contributed by atoms with van der Waals surface area (Å²) in [5, 5.41) is 0. The van der Waals surface area contributed by atoms with E-state index >= 15 is 0 Å². The van der Waals surface area contributed by atoms with E-state index in [2.05, 4.69) is 0 Å². The van der Waals surface area contributed by atoms with Crippen molar-refractivity contribution in [1.82, 2.24) is 0 Å². The van der Waals surface area contributed by atoms with Gasteiger partial charge in [0.1, 0.15) is 11.6 Å². The molecule has 0 heterocycles. The fourth-order valence-corrected chi connectivity index (χ4v) is 2.52. The van der Waals surface area contributed by atoms with Gasteiger partial charge in [-0.15, -0.1) is 0 Å². The van der Waals surface area contributed by atoms with Crippen LogP contribution in [0.15, 0.2) is 12.1 Å². The van der Waals surface area contributed by atoms with Gasteiger partial charge in [-0.2, -0.15) is 0 Å². The van der Waals surface area contributed by atoms with Gasteiger partial charge in [0, 0.05) is 17.0 Å². The summed E-state index contributed by atoms with van der Waals surface area (Å²) in [6.07, 6.45) is 2.04. The molecule has 0 aliphatic heterocycles. The molecule has 0 spiro atoms. The third-order valence-corrected chi connectivity index (χ3v) is 3.74. The lowest BCUT2D eigenvalue weighted by Gasteiger charge is -2.24. The molecule has 0 saturated heterocycles. The Bertz CT molecular complexity index is 411. The van der Waals surface area contributed by atoms with E-state index < -0.39 is 0 Å². The first-order valence-corrected chi connectivity index (χ1v) is 5.62. The molecule has 1 aliphatic carbocycles. The van der Waals surface area contributed by atoms with Gasteiger partial charge >= 0.3 is 0 Å². The monoisotopic (exact) mass is 223 g/mol. The van der Waals surface area contributed by atoms with Gasteiger partial charge < -0.3 is 10.5 Å². The minimum absolute atomic E-state index is 0.0295. The van der Waals surface area contributed by atoms with Crippen LogP contribution >= 0.6 is 0 Å². The van der Waals surface area contributed by atoms with Gasteiger partial charge in [-0.3, -0.25) is 0 Å². The summed E-state index contributed by atoms with van der Waals surface area (Å²) in [7, 11) is 1.62. The second kappa shape index (κ2) is 3.74. The van der Waals surface area contributed by atoms with Crippen molar-refractivity contribution < 1.29 is 9.13 Å². The normalized spacial score (nSPS) is 19.3. The fraction of sp³-hybridized carbons (Fsp3) is 0.538. The van der Waals surface area contributed by atoms with Crippen LogP contribution in [0.5, 0.6) is 5.75 Å². The average Bonchev–Trinajstić information content (AvgIpc) is 3.03. The maximum Gasteiger partial charge on any atom is 0.126 e. The lowest BCUT2D eigenvalue weighted by atomic mass is 9.85. The van der Waals surface area contributed by atoms with Gasteiger partial charge in [-0.25, -0.2) is 4.39 Å². The molecule has 0 bridgehead atoms. The third kappa shape index (κ3) is 1.50. The second-order valence-electron chi connectivity index (χ2n) is 4.69. The molecule has 16 heavy (non-hydrogen) atoms. The standard InChI is InChI=1S/C13H18FNO/c1-8-10(14)4-5-11(16-3)12(8)13(6-7-13)9(2)15/h4-5,9H,6-7,15H2,1-3H3. The smallest absolute Gasteiger partial charge is 0.126 e. The van der Waals surface area contributed by atoms with Gasteiger partial charge in [0.2, 0.25) is 0 Å². The first-order chi connectivity index (χ1) is 7.53.